The molecule has 0 unspecified atom stereocenters. The lowest BCUT2D eigenvalue weighted by Crippen LogP contribution is -2.30. The van der Waals surface area contributed by atoms with Crippen molar-refractivity contribution in [3.8, 4) is 0 Å². The van der Waals surface area contributed by atoms with Crippen molar-refractivity contribution in [3.05, 3.63) is 63.1 Å². The molecule has 0 atom stereocenters. The number of aromatic nitrogens is 4. The lowest BCUT2D eigenvalue weighted by molar-refractivity contribution is 0.570. The number of hydrogen-bond acceptors (Lipinski definition) is 3. The van der Waals surface area contributed by atoms with E-state index < -0.39 is 0 Å². The van der Waals surface area contributed by atoms with Gasteiger partial charge in [0.25, 0.3) is 0 Å². The van der Waals surface area contributed by atoms with Gasteiger partial charge in [-0.25, -0.2) is 0 Å². The van der Waals surface area contributed by atoms with Gasteiger partial charge in [-0.2, -0.15) is 10.2 Å². The van der Waals surface area contributed by atoms with Crippen LogP contribution in [0.25, 0.3) is 0 Å². The molecule has 0 saturated carbocycles. The first kappa shape index (κ1) is 21.5. The standard InChI is InChI=1S/C21H27BrN6S/c1-14-6-8-18(9-7-14)12-28-17(4)20(16(3)26-28)24-21(29)23-10-5-11-27-13-19(22)15(2)25-27/h6-9,13H,5,10-12H2,1-4H3,(H2,23,24,29). The summed E-state index contributed by atoms with van der Waals surface area (Å²) in [6.45, 7) is 10.5. The molecule has 3 rings (SSSR count). The summed E-state index contributed by atoms with van der Waals surface area (Å²) in [7, 11) is 0. The Kier molecular flexibility index (Phi) is 7.08. The fraction of sp³-hybridized carbons (Fsp3) is 0.381. The number of aryl methyl sites for hydroxylation is 4. The van der Waals surface area contributed by atoms with Crippen molar-refractivity contribution in [2.24, 2.45) is 0 Å². The van der Waals surface area contributed by atoms with Gasteiger partial charge in [0.2, 0.25) is 0 Å². The monoisotopic (exact) mass is 474 g/mol. The third-order valence-corrected chi connectivity index (χ3v) is 5.83. The molecule has 0 radical (unpaired) electrons. The first-order chi connectivity index (χ1) is 13.8. The molecule has 1 aromatic carbocycles. The van der Waals surface area contributed by atoms with E-state index in [0.29, 0.717) is 5.11 Å². The number of rotatable bonds is 7. The molecule has 0 aliphatic carbocycles. The van der Waals surface area contributed by atoms with Gasteiger partial charge in [-0.05, 0) is 67.8 Å². The first-order valence-electron chi connectivity index (χ1n) is 9.67. The predicted molar refractivity (Wildman–Crippen MR) is 125 cm³/mol. The first-order valence-corrected chi connectivity index (χ1v) is 10.9. The Morgan fingerprint density at radius 2 is 1.79 bits per heavy atom. The molecule has 6 nitrogen and oxygen atoms in total. The van der Waals surface area contributed by atoms with Crippen molar-refractivity contribution < 1.29 is 0 Å². The normalized spacial score (nSPS) is 10.9. The highest BCUT2D eigenvalue weighted by atomic mass is 79.9. The van der Waals surface area contributed by atoms with Gasteiger partial charge in [-0.15, -0.1) is 0 Å². The second-order valence-electron chi connectivity index (χ2n) is 7.25. The Hall–Kier alpha value is -2.19. The predicted octanol–water partition coefficient (Wildman–Crippen LogP) is 4.50. The van der Waals surface area contributed by atoms with Gasteiger partial charge in [-0.1, -0.05) is 29.8 Å². The van der Waals surface area contributed by atoms with E-state index in [1.54, 1.807) is 0 Å². The summed E-state index contributed by atoms with van der Waals surface area (Å²) >= 11 is 8.96. The average Bonchev–Trinajstić information content (AvgIpc) is 3.13. The van der Waals surface area contributed by atoms with Crippen molar-refractivity contribution in [3.63, 3.8) is 0 Å². The van der Waals surface area contributed by atoms with Crippen LogP contribution in [0.15, 0.2) is 34.9 Å². The third-order valence-electron chi connectivity index (χ3n) is 4.81. The molecular formula is C21H27BrN6S. The molecule has 0 bridgehead atoms. The van der Waals surface area contributed by atoms with Crippen LogP contribution in [-0.4, -0.2) is 31.2 Å². The minimum absolute atomic E-state index is 0.615. The van der Waals surface area contributed by atoms with Crippen LogP contribution in [0.5, 0.6) is 0 Å². The molecule has 3 aromatic rings. The van der Waals surface area contributed by atoms with E-state index in [4.69, 9.17) is 12.2 Å². The Bertz CT molecular complexity index is 970. The van der Waals surface area contributed by atoms with Crippen LogP contribution in [0, 0.1) is 27.7 Å². The Morgan fingerprint density at radius 3 is 2.45 bits per heavy atom. The third kappa shape index (κ3) is 5.67. The number of nitrogens with one attached hydrogen (secondary N) is 2. The Balaban J connectivity index is 1.52. The van der Waals surface area contributed by atoms with E-state index in [0.717, 1.165) is 53.3 Å². The number of anilines is 1. The zero-order valence-electron chi connectivity index (χ0n) is 17.3. The topological polar surface area (TPSA) is 59.7 Å². The van der Waals surface area contributed by atoms with E-state index in [2.05, 4.69) is 74.9 Å². The smallest absolute Gasteiger partial charge is 0.170 e. The van der Waals surface area contributed by atoms with Crippen LogP contribution < -0.4 is 10.6 Å². The zero-order valence-corrected chi connectivity index (χ0v) is 19.7. The van der Waals surface area contributed by atoms with E-state index in [1.165, 1.54) is 11.1 Å². The second kappa shape index (κ2) is 9.54. The molecule has 29 heavy (non-hydrogen) atoms. The highest BCUT2D eigenvalue weighted by Crippen LogP contribution is 2.20. The van der Waals surface area contributed by atoms with Crippen molar-refractivity contribution in [2.45, 2.75) is 47.2 Å². The lowest BCUT2D eigenvalue weighted by atomic mass is 10.1. The number of nitrogens with zero attached hydrogens (tertiary/aromatic N) is 4. The van der Waals surface area contributed by atoms with E-state index in [-0.39, 0.29) is 0 Å². The molecule has 2 heterocycles. The Labute approximate surface area is 185 Å². The van der Waals surface area contributed by atoms with E-state index >= 15 is 0 Å². The Morgan fingerprint density at radius 1 is 1.07 bits per heavy atom. The van der Waals surface area contributed by atoms with Crippen molar-refractivity contribution in [1.82, 2.24) is 24.9 Å². The van der Waals surface area contributed by atoms with Crippen molar-refractivity contribution >= 4 is 38.9 Å². The molecule has 154 valence electrons. The van der Waals surface area contributed by atoms with Crippen molar-refractivity contribution in [1.29, 1.82) is 0 Å². The van der Waals surface area contributed by atoms with Crippen LogP contribution in [0.4, 0.5) is 5.69 Å². The largest absolute Gasteiger partial charge is 0.362 e. The summed E-state index contributed by atoms with van der Waals surface area (Å²) in [5, 5.41) is 16.3. The molecule has 0 aliphatic heterocycles. The highest BCUT2D eigenvalue weighted by Gasteiger charge is 2.13. The summed E-state index contributed by atoms with van der Waals surface area (Å²) in [5.41, 5.74) is 6.48. The lowest BCUT2D eigenvalue weighted by Gasteiger charge is -2.11. The minimum Gasteiger partial charge on any atom is -0.362 e. The van der Waals surface area contributed by atoms with Crippen LogP contribution >= 0.6 is 28.1 Å². The maximum atomic E-state index is 5.47. The molecular weight excluding hydrogens is 448 g/mol. The number of benzene rings is 1. The maximum absolute atomic E-state index is 5.47. The van der Waals surface area contributed by atoms with E-state index in [9.17, 15) is 0 Å². The van der Waals surface area contributed by atoms with Gasteiger partial charge in [0.05, 0.1) is 33.8 Å². The fourth-order valence-electron chi connectivity index (χ4n) is 3.11. The van der Waals surface area contributed by atoms with Gasteiger partial charge in [0, 0.05) is 19.3 Å². The number of hydrogen-bond donors (Lipinski definition) is 2. The van der Waals surface area contributed by atoms with Crippen LogP contribution in [0.2, 0.25) is 0 Å². The molecule has 0 fully saturated rings. The fourth-order valence-corrected chi connectivity index (χ4v) is 3.63. The average molecular weight is 475 g/mol. The summed E-state index contributed by atoms with van der Waals surface area (Å²) in [4.78, 5) is 0. The summed E-state index contributed by atoms with van der Waals surface area (Å²) in [6, 6.07) is 8.54. The molecule has 0 saturated heterocycles. The molecule has 2 aromatic heterocycles. The highest BCUT2D eigenvalue weighted by molar-refractivity contribution is 9.10. The summed E-state index contributed by atoms with van der Waals surface area (Å²) in [5.74, 6) is 0. The van der Waals surface area contributed by atoms with Gasteiger partial charge in [-0.3, -0.25) is 9.36 Å². The second-order valence-corrected chi connectivity index (χ2v) is 8.51. The SMILES string of the molecule is Cc1ccc(Cn2nc(C)c(NC(=S)NCCCn3cc(Br)c(C)n3)c2C)cc1. The molecule has 0 spiro atoms. The van der Waals surface area contributed by atoms with Gasteiger partial charge < -0.3 is 10.6 Å². The molecule has 2 N–H and O–H groups in total. The summed E-state index contributed by atoms with van der Waals surface area (Å²) < 4.78 is 5.00. The minimum atomic E-state index is 0.615. The molecule has 0 amide bonds. The van der Waals surface area contributed by atoms with Crippen LogP contribution in [0.3, 0.4) is 0 Å². The maximum Gasteiger partial charge on any atom is 0.170 e. The van der Waals surface area contributed by atoms with Gasteiger partial charge in [0.15, 0.2) is 5.11 Å². The number of thiocarbonyl (C=S) groups is 1. The number of halogens is 1. The van der Waals surface area contributed by atoms with Gasteiger partial charge in [0.1, 0.15) is 0 Å². The quantitative estimate of drug-likeness (QED) is 0.389. The zero-order chi connectivity index (χ0) is 21.0. The van der Waals surface area contributed by atoms with Crippen LogP contribution in [0.1, 0.15) is 34.6 Å². The molecule has 8 heteroatoms. The van der Waals surface area contributed by atoms with Crippen LogP contribution in [-0.2, 0) is 13.1 Å². The van der Waals surface area contributed by atoms with E-state index in [1.807, 2.05) is 29.4 Å². The van der Waals surface area contributed by atoms with Gasteiger partial charge >= 0.3 is 0 Å². The molecule has 0 aliphatic rings. The van der Waals surface area contributed by atoms with Crippen molar-refractivity contribution in [2.75, 3.05) is 11.9 Å². The summed E-state index contributed by atoms with van der Waals surface area (Å²) in [6.07, 6.45) is 2.93.